The van der Waals surface area contributed by atoms with Crippen LogP contribution in [0.1, 0.15) is 18.5 Å². The van der Waals surface area contributed by atoms with Crippen LogP contribution in [-0.2, 0) is 21.2 Å². The molecule has 0 radical (unpaired) electrons. The Morgan fingerprint density at radius 1 is 1.21 bits per heavy atom. The highest BCUT2D eigenvalue weighted by molar-refractivity contribution is 7.91. The zero-order chi connectivity index (χ0) is 20.9. The molecule has 29 heavy (non-hydrogen) atoms. The van der Waals surface area contributed by atoms with Crippen LogP contribution in [0.4, 0.5) is 0 Å². The van der Waals surface area contributed by atoms with Crippen molar-refractivity contribution in [3.05, 3.63) is 47.6 Å². The van der Waals surface area contributed by atoms with Gasteiger partial charge in [-0.05, 0) is 36.4 Å². The number of carbonyl (C=O) groups excluding carboxylic acids is 1. The molecule has 0 atom stereocenters. The third-order valence-corrected chi connectivity index (χ3v) is 8.60. The molecule has 0 unspecified atom stereocenters. The fourth-order valence-electron chi connectivity index (χ4n) is 3.50. The lowest BCUT2D eigenvalue weighted by atomic mass is 10.0. The minimum Gasteiger partial charge on any atom is -0.342 e. The maximum Gasteiger partial charge on any atom is 0.252 e. The summed E-state index contributed by atoms with van der Waals surface area (Å²) in [6.45, 7) is 2.68. The zero-order valence-electron chi connectivity index (χ0n) is 16.9. The van der Waals surface area contributed by atoms with E-state index in [2.05, 4.69) is 9.88 Å². The summed E-state index contributed by atoms with van der Waals surface area (Å²) in [7, 11) is -0.368. The van der Waals surface area contributed by atoms with Crippen molar-refractivity contribution in [3.63, 3.8) is 0 Å². The lowest BCUT2D eigenvalue weighted by Gasteiger charge is -2.37. The third-order valence-electron chi connectivity index (χ3n) is 5.43. The highest BCUT2D eigenvalue weighted by Gasteiger charge is 2.29. The van der Waals surface area contributed by atoms with Crippen LogP contribution in [0.25, 0.3) is 0 Å². The zero-order valence-corrected chi connectivity index (χ0v) is 18.5. The van der Waals surface area contributed by atoms with E-state index in [1.807, 2.05) is 24.4 Å². The summed E-state index contributed by atoms with van der Waals surface area (Å²) in [6.07, 6.45) is 4.53. The van der Waals surface area contributed by atoms with Crippen LogP contribution < -0.4 is 0 Å². The maximum absolute atomic E-state index is 12.7. The topological polar surface area (TPSA) is 73.8 Å². The molecule has 0 N–H and O–H groups in total. The average molecular weight is 437 g/mol. The number of thiophene rings is 1. The summed E-state index contributed by atoms with van der Waals surface area (Å²) < 4.78 is 26.4. The molecule has 158 valence electrons. The Labute approximate surface area is 177 Å². The predicted molar refractivity (Wildman–Crippen MR) is 114 cm³/mol. The fraction of sp³-hybridized carbons (Fsp3) is 0.500. The van der Waals surface area contributed by atoms with Gasteiger partial charge in [-0.3, -0.25) is 9.78 Å². The third kappa shape index (κ3) is 5.63. The second-order valence-corrected chi connectivity index (χ2v) is 10.6. The van der Waals surface area contributed by atoms with Crippen molar-refractivity contribution in [3.8, 4) is 0 Å². The minimum absolute atomic E-state index is 0.142. The van der Waals surface area contributed by atoms with Crippen molar-refractivity contribution in [2.24, 2.45) is 0 Å². The fourth-order valence-corrected chi connectivity index (χ4v) is 5.82. The lowest BCUT2D eigenvalue weighted by molar-refractivity contribution is -0.132. The Morgan fingerprint density at radius 2 is 1.97 bits per heavy atom. The van der Waals surface area contributed by atoms with Gasteiger partial charge in [0.2, 0.25) is 5.91 Å². The monoisotopic (exact) mass is 436 g/mol. The summed E-state index contributed by atoms with van der Waals surface area (Å²) in [5.74, 6) is -0.167. The smallest absolute Gasteiger partial charge is 0.252 e. The van der Waals surface area contributed by atoms with Crippen LogP contribution in [0.15, 0.2) is 46.1 Å². The van der Waals surface area contributed by atoms with E-state index in [9.17, 15) is 13.2 Å². The number of hydrogen-bond acceptors (Lipinski definition) is 6. The number of likely N-dealkylation sites (tertiary alicyclic amines) is 1. The summed E-state index contributed by atoms with van der Waals surface area (Å²) in [4.78, 5) is 21.1. The van der Waals surface area contributed by atoms with E-state index >= 15 is 0 Å². The number of aromatic nitrogens is 1. The highest BCUT2D eigenvalue weighted by Crippen LogP contribution is 2.21. The molecule has 1 aliphatic heterocycles. The number of rotatable bonds is 8. The van der Waals surface area contributed by atoms with Crippen molar-refractivity contribution in [1.82, 2.24) is 19.1 Å². The Balaban J connectivity index is 1.46. The summed E-state index contributed by atoms with van der Waals surface area (Å²) in [6, 6.07) is 9.37. The first-order valence-corrected chi connectivity index (χ1v) is 12.1. The molecule has 3 rings (SSSR count). The van der Waals surface area contributed by atoms with Gasteiger partial charge in [0.1, 0.15) is 4.21 Å². The minimum atomic E-state index is -3.61. The number of nitrogens with zero attached hydrogens (tertiary/aromatic N) is 4. The van der Waals surface area contributed by atoms with Gasteiger partial charge < -0.3 is 9.80 Å². The van der Waals surface area contributed by atoms with Crippen molar-refractivity contribution in [2.45, 2.75) is 29.5 Å². The average Bonchev–Trinajstić information content (AvgIpc) is 3.28. The van der Waals surface area contributed by atoms with Gasteiger partial charge >= 0.3 is 0 Å². The van der Waals surface area contributed by atoms with E-state index in [0.29, 0.717) is 0 Å². The molecule has 2 aromatic rings. The van der Waals surface area contributed by atoms with Gasteiger partial charge in [0.05, 0.1) is 6.54 Å². The first-order valence-electron chi connectivity index (χ1n) is 9.75. The largest absolute Gasteiger partial charge is 0.342 e. The number of hydrogen-bond donors (Lipinski definition) is 0. The van der Waals surface area contributed by atoms with Gasteiger partial charge in [0.15, 0.2) is 0 Å². The molecule has 1 amide bonds. The number of piperidine rings is 1. The lowest BCUT2D eigenvalue weighted by Crippen LogP contribution is -2.48. The number of pyridine rings is 1. The number of amides is 1. The maximum atomic E-state index is 12.7. The van der Waals surface area contributed by atoms with Crippen molar-refractivity contribution >= 4 is 27.3 Å². The van der Waals surface area contributed by atoms with Gasteiger partial charge in [0.25, 0.3) is 10.0 Å². The molecular formula is C20H28N4O3S2. The molecule has 9 heteroatoms. The molecule has 7 nitrogen and oxygen atoms in total. The van der Waals surface area contributed by atoms with Gasteiger partial charge in [-0.25, -0.2) is 8.42 Å². The van der Waals surface area contributed by atoms with E-state index in [-0.39, 0.29) is 22.7 Å². The summed E-state index contributed by atoms with van der Waals surface area (Å²) in [5, 5.41) is 1.72. The molecule has 1 fully saturated rings. The molecule has 0 saturated carbocycles. The van der Waals surface area contributed by atoms with Crippen molar-refractivity contribution in [2.75, 3.05) is 40.3 Å². The second kappa shape index (κ2) is 9.80. The van der Waals surface area contributed by atoms with E-state index < -0.39 is 10.0 Å². The molecule has 0 aromatic carbocycles. The molecule has 0 bridgehead atoms. The number of carbonyl (C=O) groups is 1. The van der Waals surface area contributed by atoms with E-state index in [4.69, 9.17) is 0 Å². The highest BCUT2D eigenvalue weighted by atomic mass is 32.2. The Morgan fingerprint density at radius 3 is 2.59 bits per heavy atom. The van der Waals surface area contributed by atoms with E-state index in [0.717, 1.165) is 60.2 Å². The standard InChI is InChI=1S/C20H28N4O3S2/c1-22(29(26,27)20-7-5-15-28-20)16-19(25)23(2)18-9-13-24(14-10-18)12-8-17-6-3-4-11-21-17/h3-7,11,15,18H,8-10,12-14,16H2,1-2H3. The van der Waals surface area contributed by atoms with Gasteiger partial charge in [0, 0.05) is 58.1 Å². The Bertz CT molecular complexity index is 880. The van der Waals surface area contributed by atoms with Gasteiger partial charge in [-0.15, -0.1) is 11.3 Å². The molecule has 0 aliphatic carbocycles. The summed E-state index contributed by atoms with van der Waals surface area (Å²) >= 11 is 1.16. The molecule has 0 spiro atoms. The van der Waals surface area contributed by atoms with Crippen LogP contribution >= 0.6 is 11.3 Å². The van der Waals surface area contributed by atoms with Gasteiger partial charge in [-0.1, -0.05) is 12.1 Å². The first kappa shape index (κ1) is 21.9. The van der Waals surface area contributed by atoms with Crippen LogP contribution in [0, 0.1) is 0 Å². The Kier molecular flexibility index (Phi) is 7.39. The Hall–Kier alpha value is -1.81. The first-order chi connectivity index (χ1) is 13.9. The van der Waals surface area contributed by atoms with Crippen LogP contribution in [0.5, 0.6) is 0 Å². The summed E-state index contributed by atoms with van der Waals surface area (Å²) in [5.41, 5.74) is 1.09. The molecule has 1 saturated heterocycles. The predicted octanol–water partition coefficient (Wildman–Crippen LogP) is 1.93. The van der Waals surface area contributed by atoms with Crippen LogP contribution in [0.3, 0.4) is 0 Å². The van der Waals surface area contributed by atoms with Crippen molar-refractivity contribution in [1.29, 1.82) is 0 Å². The van der Waals surface area contributed by atoms with Crippen LogP contribution in [-0.4, -0.2) is 79.7 Å². The van der Waals surface area contributed by atoms with E-state index in [1.54, 1.807) is 29.5 Å². The van der Waals surface area contributed by atoms with E-state index in [1.165, 1.54) is 7.05 Å². The second-order valence-electron chi connectivity index (χ2n) is 7.34. The quantitative estimate of drug-likeness (QED) is 0.632. The SMILES string of the molecule is CN(C(=O)CN(C)S(=O)(=O)c1cccs1)C1CCN(CCc2ccccn2)CC1. The molecule has 2 aromatic heterocycles. The molecular weight excluding hydrogens is 408 g/mol. The molecule has 3 heterocycles. The normalized spacial score (nSPS) is 16.2. The van der Waals surface area contributed by atoms with Crippen molar-refractivity contribution < 1.29 is 13.2 Å². The number of sulfonamides is 1. The molecule has 1 aliphatic rings. The van der Waals surface area contributed by atoms with Crippen LogP contribution in [0.2, 0.25) is 0 Å². The number of likely N-dealkylation sites (N-methyl/N-ethyl adjacent to an activating group) is 2. The van der Waals surface area contributed by atoms with Gasteiger partial charge in [-0.2, -0.15) is 4.31 Å².